The summed E-state index contributed by atoms with van der Waals surface area (Å²) >= 11 is 3.53. The molecule has 0 amide bonds. The van der Waals surface area contributed by atoms with Gasteiger partial charge >= 0.3 is 0 Å². The normalized spacial score (nSPS) is 15.5. The Kier molecular flexibility index (Phi) is 3.53. The summed E-state index contributed by atoms with van der Waals surface area (Å²) in [5.41, 5.74) is 12.9. The van der Waals surface area contributed by atoms with E-state index in [0.29, 0.717) is 5.69 Å². The van der Waals surface area contributed by atoms with Gasteiger partial charge in [-0.1, -0.05) is 35.8 Å². The van der Waals surface area contributed by atoms with Crippen molar-refractivity contribution >= 4 is 43.9 Å². The van der Waals surface area contributed by atoms with E-state index in [0.717, 1.165) is 33.2 Å². The summed E-state index contributed by atoms with van der Waals surface area (Å²) in [6.45, 7) is 4.63. The number of anilines is 3. The van der Waals surface area contributed by atoms with E-state index in [2.05, 4.69) is 64.3 Å². The maximum atomic E-state index is 6.20. The van der Waals surface area contributed by atoms with E-state index in [4.69, 9.17) is 5.73 Å². The third kappa shape index (κ3) is 2.55. The van der Waals surface area contributed by atoms with E-state index < -0.39 is 0 Å². The van der Waals surface area contributed by atoms with Crippen LogP contribution in [0.5, 0.6) is 0 Å². The molecule has 0 unspecified atom stereocenters. The number of aryl methyl sites for hydroxylation is 1. The molecule has 3 aromatic rings. The minimum absolute atomic E-state index is 0.279. The van der Waals surface area contributed by atoms with Crippen LogP contribution in [0.3, 0.4) is 0 Å². The number of aromatic nitrogens is 1. The molecular formula is C20H20BrN3. The fourth-order valence-electron chi connectivity index (χ4n) is 3.58. The first-order chi connectivity index (χ1) is 11.4. The second-order valence-corrected chi connectivity index (χ2v) is 8.05. The van der Waals surface area contributed by atoms with Gasteiger partial charge in [0.05, 0.1) is 23.1 Å². The fraction of sp³-hybridized carbons (Fsp3) is 0.250. The Bertz CT molecular complexity index is 942. The SMILES string of the molecule is CC1(C)CCc2cc(Nc3c(N)cnc4ccc(Br)cc34)ccc21. The molecule has 0 saturated carbocycles. The van der Waals surface area contributed by atoms with E-state index in [1.165, 1.54) is 17.5 Å². The van der Waals surface area contributed by atoms with Crippen LogP contribution < -0.4 is 11.1 Å². The molecule has 0 bridgehead atoms. The van der Waals surface area contributed by atoms with Gasteiger partial charge in [-0.05, 0) is 59.7 Å². The summed E-state index contributed by atoms with van der Waals surface area (Å²) in [5.74, 6) is 0. The Morgan fingerprint density at radius 3 is 2.83 bits per heavy atom. The van der Waals surface area contributed by atoms with Gasteiger partial charge in [-0.3, -0.25) is 4.98 Å². The zero-order valence-corrected chi connectivity index (χ0v) is 15.4. The zero-order valence-electron chi connectivity index (χ0n) is 13.9. The van der Waals surface area contributed by atoms with E-state index in [1.54, 1.807) is 6.20 Å². The van der Waals surface area contributed by atoms with Gasteiger partial charge in [-0.15, -0.1) is 0 Å². The monoisotopic (exact) mass is 381 g/mol. The van der Waals surface area contributed by atoms with Crippen LogP contribution in [-0.2, 0) is 11.8 Å². The number of nitrogens with zero attached hydrogens (tertiary/aromatic N) is 1. The number of rotatable bonds is 2. The Labute approximate surface area is 150 Å². The Morgan fingerprint density at radius 1 is 1.17 bits per heavy atom. The molecule has 1 aliphatic carbocycles. The topological polar surface area (TPSA) is 50.9 Å². The van der Waals surface area contributed by atoms with Gasteiger partial charge in [0.25, 0.3) is 0 Å². The van der Waals surface area contributed by atoms with Crippen molar-refractivity contribution in [3.05, 3.63) is 58.2 Å². The highest BCUT2D eigenvalue weighted by Crippen LogP contribution is 2.40. The van der Waals surface area contributed by atoms with E-state index in [9.17, 15) is 0 Å². The van der Waals surface area contributed by atoms with Crippen LogP contribution in [0.1, 0.15) is 31.4 Å². The molecule has 4 rings (SSSR count). The molecule has 4 heteroatoms. The van der Waals surface area contributed by atoms with Crippen molar-refractivity contribution in [1.82, 2.24) is 4.98 Å². The van der Waals surface area contributed by atoms with E-state index >= 15 is 0 Å². The first kappa shape index (κ1) is 15.5. The summed E-state index contributed by atoms with van der Waals surface area (Å²) in [6.07, 6.45) is 4.06. The van der Waals surface area contributed by atoms with Crippen molar-refractivity contribution in [1.29, 1.82) is 0 Å². The summed E-state index contributed by atoms with van der Waals surface area (Å²) in [5, 5.41) is 4.53. The second kappa shape index (κ2) is 5.49. The average molecular weight is 382 g/mol. The first-order valence-electron chi connectivity index (χ1n) is 8.18. The predicted molar refractivity (Wildman–Crippen MR) is 105 cm³/mol. The lowest BCUT2D eigenvalue weighted by molar-refractivity contribution is 0.522. The number of nitrogen functional groups attached to an aromatic ring is 1. The lowest BCUT2D eigenvalue weighted by Gasteiger charge is -2.19. The predicted octanol–water partition coefficient (Wildman–Crippen LogP) is 5.55. The number of nitrogens with one attached hydrogen (secondary N) is 1. The van der Waals surface area contributed by atoms with Crippen molar-refractivity contribution < 1.29 is 0 Å². The molecule has 1 heterocycles. The largest absolute Gasteiger partial charge is 0.396 e. The van der Waals surface area contributed by atoms with E-state index in [1.807, 2.05) is 12.1 Å². The van der Waals surface area contributed by atoms with Crippen molar-refractivity contribution in [2.75, 3.05) is 11.1 Å². The highest BCUT2D eigenvalue weighted by molar-refractivity contribution is 9.10. The molecule has 0 saturated heterocycles. The van der Waals surface area contributed by atoms with Crippen LogP contribution in [0.4, 0.5) is 17.1 Å². The molecule has 0 fully saturated rings. The Balaban J connectivity index is 1.78. The lowest BCUT2D eigenvalue weighted by atomic mass is 9.86. The fourth-order valence-corrected chi connectivity index (χ4v) is 3.95. The van der Waals surface area contributed by atoms with Gasteiger partial charge < -0.3 is 11.1 Å². The molecule has 3 N–H and O–H groups in total. The number of pyridine rings is 1. The van der Waals surface area contributed by atoms with Crippen LogP contribution in [0.25, 0.3) is 10.9 Å². The van der Waals surface area contributed by atoms with Gasteiger partial charge in [0.2, 0.25) is 0 Å². The van der Waals surface area contributed by atoms with Gasteiger partial charge in [0.1, 0.15) is 0 Å². The molecule has 0 aliphatic heterocycles. The molecule has 3 nitrogen and oxygen atoms in total. The number of nitrogens with two attached hydrogens (primary N) is 1. The molecule has 0 atom stereocenters. The van der Waals surface area contributed by atoms with Crippen molar-refractivity contribution in [2.24, 2.45) is 0 Å². The average Bonchev–Trinajstić information content (AvgIpc) is 2.85. The number of hydrogen-bond acceptors (Lipinski definition) is 3. The summed E-state index contributed by atoms with van der Waals surface area (Å²) in [6, 6.07) is 12.7. The first-order valence-corrected chi connectivity index (χ1v) is 8.97. The van der Waals surface area contributed by atoms with Gasteiger partial charge in [-0.25, -0.2) is 0 Å². The van der Waals surface area contributed by atoms with Crippen LogP contribution in [0.2, 0.25) is 0 Å². The third-order valence-electron chi connectivity index (χ3n) is 4.98. The van der Waals surface area contributed by atoms with Gasteiger partial charge in [0.15, 0.2) is 0 Å². The van der Waals surface area contributed by atoms with Crippen LogP contribution >= 0.6 is 15.9 Å². The molecule has 0 spiro atoms. The summed E-state index contributed by atoms with van der Waals surface area (Å²) in [7, 11) is 0. The molecule has 0 radical (unpaired) electrons. The lowest BCUT2D eigenvalue weighted by Crippen LogP contribution is -2.11. The van der Waals surface area contributed by atoms with E-state index in [-0.39, 0.29) is 5.41 Å². The summed E-state index contributed by atoms with van der Waals surface area (Å²) in [4.78, 5) is 4.42. The smallest absolute Gasteiger partial charge is 0.0746 e. The van der Waals surface area contributed by atoms with Crippen molar-refractivity contribution in [3.63, 3.8) is 0 Å². The minimum atomic E-state index is 0.279. The number of fused-ring (bicyclic) bond motifs is 2. The maximum absolute atomic E-state index is 6.20. The Hall–Kier alpha value is -2.07. The number of hydrogen-bond donors (Lipinski definition) is 2. The number of halogens is 1. The van der Waals surface area contributed by atoms with Crippen molar-refractivity contribution in [2.45, 2.75) is 32.1 Å². The molecule has 24 heavy (non-hydrogen) atoms. The van der Waals surface area contributed by atoms with Gasteiger partial charge in [0, 0.05) is 15.5 Å². The standard InChI is InChI=1S/C20H20BrN3/c1-20(2)8-7-12-9-14(4-5-16(12)20)24-19-15-10-13(21)3-6-18(15)23-11-17(19)22/h3-6,9-11H,7-8,22H2,1-2H3,(H,23,24). The number of benzene rings is 2. The minimum Gasteiger partial charge on any atom is -0.396 e. The second-order valence-electron chi connectivity index (χ2n) is 7.13. The highest BCUT2D eigenvalue weighted by atomic mass is 79.9. The zero-order chi connectivity index (χ0) is 16.9. The van der Waals surface area contributed by atoms with Crippen molar-refractivity contribution in [3.8, 4) is 0 Å². The quantitative estimate of drug-likeness (QED) is 0.611. The van der Waals surface area contributed by atoms with Crippen LogP contribution in [0.15, 0.2) is 47.1 Å². The Morgan fingerprint density at radius 2 is 2.00 bits per heavy atom. The molecule has 1 aromatic heterocycles. The molecule has 122 valence electrons. The maximum Gasteiger partial charge on any atom is 0.0746 e. The van der Waals surface area contributed by atoms with Gasteiger partial charge in [-0.2, -0.15) is 0 Å². The molecule has 2 aromatic carbocycles. The third-order valence-corrected chi connectivity index (χ3v) is 5.48. The van der Waals surface area contributed by atoms with Crippen LogP contribution in [-0.4, -0.2) is 4.98 Å². The molecule has 1 aliphatic rings. The molecular weight excluding hydrogens is 362 g/mol. The summed E-state index contributed by atoms with van der Waals surface area (Å²) < 4.78 is 1.01. The van der Waals surface area contributed by atoms with Crippen LogP contribution in [0, 0.1) is 0 Å². The highest BCUT2D eigenvalue weighted by Gasteiger charge is 2.29.